The maximum Gasteiger partial charge on any atom is 0.269 e. The lowest BCUT2D eigenvalue weighted by Gasteiger charge is -2.47. The molecule has 2 aliphatic rings. The summed E-state index contributed by atoms with van der Waals surface area (Å²) in [5.74, 6) is -0.255. The maximum absolute atomic E-state index is 13.7. The van der Waals surface area contributed by atoms with Crippen molar-refractivity contribution in [2.75, 3.05) is 13.1 Å². The number of benzene rings is 2. The van der Waals surface area contributed by atoms with E-state index in [1.807, 2.05) is 35.0 Å². The standard InChI is InChI=1S/C26H24N6O4/c33-23-15-30(11-4-10-29-12-9-27-16-29)26(34)22-14-20-19-7-1-2-8-21(19)28-24(20)25(31(22)23)17-5-3-6-18(13-17)32(35)36/h1-3,5-9,12-13,16,22,25,28H,4,10-11,14-15H2. The van der Waals surface area contributed by atoms with Gasteiger partial charge in [-0.1, -0.05) is 30.3 Å². The molecule has 6 rings (SSSR count). The van der Waals surface area contributed by atoms with Crippen molar-refractivity contribution in [2.45, 2.75) is 31.5 Å². The van der Waals surface area contributed by atoms with Crippen LogP contribution in [0.1, 0.15) is 29.3 Å². The summed E-state index contributed by atoms with van der Waals surface area (Å²) in [6, 6.07) is 12.9. The Morgan fingerprint density at radius 2 is 1.97 bits per heavy atom. The molecule has 36 heavy (non-hydrogen) atoms. The van der Waals surface area contributed by atoms with Crippen LogP contribution in [0, 0.1) is 10.1 Å². The van der Waals surface area contributed by atoms with Crippen molar-refractivity contribution in [3.05, 3.63) is 94.2 Å². The highest BCUT2D eigenvalue weighted by molar-refractivity contribution is 5.97. The van der Waals surface area contributed by atoms with Crippen LogP contribution in [0.5, 0.6) is 0 Å². The molecule has 0 bridgehead atoms. The molecule has 1 saturated heterocycles. The van der Waals surface area contributed by atoms with E-state index in [9.17, 15) is 19.7 Å². The van der Waals surface area contributed by atoms with Gasteiger partial charge in [0.05, 0.1) is 23.8 Å². The predicted molar refractivity (Wildman–Crippen MR) is 131 cm³/mol. The van der Waals surface area contributed by atoms with Crippen LogP contribution in [0.3, 0.4) is 0 Å². The Hall–Kier alpha value is -4.47. The number of para-hydroxylation sites is 1. The second-order valence-electron chi connectivity index (χ2n) is 9.25. The summed E-state index contributed by atoms with van der Waals surface area (Å²) in [5.41, 5.74) is 3.25. The molecule has 2 aromatic carbocycles. The first kappa shape index (κ1) is 22.0. The van der Waals surface area contributed by atoms with Crippen molar-refractivity contribution in [3.63, 3.8) is 0 Å². The third-order valence-corrected chi connectivity index (χ3v) is 7.14. The number of hydrogen-bond donors (Lipinski definition) is 1. The third-order valence-electron chi connectivity index (χ3n) is 7.14. The van der Waals surface area contributed by atoms with Gasteiger partial charge in [-0.2, -0.15) is 0 Å². The number of nitro benzene ring substituents is 1. The van der Waals surface area contributed by atoms with Crippen molar-refractivity contribution < 1.29 is 14.5 Å². The van der Waals surface area contributed by atoms with E-state index in [0.29, 0.717) is 31.5 Å². The van der Waals surface area contributed by atoms with Crippen LogP contribution >= 0.6 is 0 Å². The molecule has 10 nitrogen and oxygen atoms in total. The number of piperazine rings is 1. The highest BCUT2D eigenvalue weighted by Crippen LogP contribution is 2.43. The molecule has 4 heterocycles. The van der Waals surface area contributed by atoms with Crippen molar-refractivity contribution in [1.29, 1.82) is 0 Å². The number of amides is 2. The number of H-pyrrole nitrogens is 1. The number of aromatic nitrogens is 3. The van der Waals surface area contributed by atoms with Gasteiger partial charge in [0.2, 0.25) is 11.8 Å². The highest BCUT2D eigenvalue weighted by atomic mass is 16.6. The van der Waals surface area contributed by atoms with Gasteiger partial charge in [-0.15, -0.1) is 0 Å². The van der Waals surface area contributed by atoms with E-state index in [1.54, 1.807) is 34.5 Å². The number of aromatic amines is 1. The van der Waals surface area contributed by atoms with E-state index in [4.69, 9.17) is 0 Å². The number of aryl methyl sites for hydroxylation is 1. The lowest BCUT2D eigenvalue weighted by Crippen LogP contribution is -2.63. The zero-order valence-electron chi connectivity index (χ0n) is 19.4. The highest BCUT2D eigenvalue weighted by Gasteiger charge is 2.48. The Morgan fingerprint density at radius 3 is 2.78 bits per heavy atom. The van der Waals surface area contributed by atoms with E-state index < -0.39 is 17.0 Å². The number of non-ortho nitro benzene ring substituents is 1. The molecule has 2 unspecified atom stereocenters. The summed E-state index contributed by atoms with van der Waals surface area (Å²) in [5, 5.41) is 12.5. The smallest absolute Gasteiger partial charge is 0.269 e. The Bertz CT molecular complexity index is 1480. The first-order chi connectivity index (χ1) is 17.5. The van der Waals surface area contributed by atoms with Gasteiger partial charge >= 0.3 is 0 Å². The van der Waals surface area contributed by atoms with Crippen molar-refractivity contribution in [1.82, 2.24) is 24.3 Å². The van der Waals surface area contributed by atoms with Crippen LogP contribution in [0.4, 0.5) is 5.69 Å². The van der Waals surface area contributed by atoms with Crippen molar-refractivity contribution >= 4 is 28.4 Å². The molecule has 2 aliphatic heterocycles. The van der Waals surface area contributed by atoms with E-state index in [2.05, 4.69) is 9.97 Å². The number of rotatable bonds is 6. The van der Waals surface area contributed by atoms with Crippen LogP contribution < -0.4 is 0 Å². The van der Waals surface area contributed by atoms with Gasteiger partial charge in [0.1, 0.15) is 6.04 Å². The Kier molecular flexibility index (Phi) is 5.28. The normalized spacial score (nSPS) is 19.4. The first-order valence-electron chi connectivity index (χ1n) is 11.9. The average Bonchev–Trinajstić information content (AvgIpc) is 3.53. The maximum atomic E-state index is 13.7. The number of carbonyl (C=O) groups is 2. The van der Waals surface area contributed by atoms with Crippen LogP contribution in [0.15, 0.2) is 67.3 Å². The van der Waals surface area contributed by atoms with Crippen LogP contribution in [-0.4, -0.2) is 60.2 Å². The second kappa shape index (κ2) is 8.63. The molecule has 182 valence electrons. The van der Waals surface area contributed by atoms with E-state index in [1.165, 1.54) is 12.1 Å². The fourth-order valence-corrected chi connectivity index (χ4v) is 5.53. The Labute approximate surface area is 206 Å². The summed E-state index contributed by atoms with van der Waals surface area (Å²) in [6.45, 7) is 1.16. The zero-order valence-corrected chi connectivity index (χ0v) is 19.4. The minimum Gasteiger partial charge on any atom is -0.356 e. The summed E-state index contributed by atoms with van der Waals surface area (Å²) in [6.07, 6.45) is 6.41. The molecule has 0 aliphatic carbocycles. The molecule has 1 fully saturated rings. The van der Waals surface area contributed by atoms with Gasteiger partial charge in [0.15, 0.2) is 0 Å². The van der Waals surface area contributed by atoms with Gasteiger partial charge in [0.25, 0.3) is 5.69 Å². The molecule has 4 aromatic rings. The SMILES string of the molecule is O=C1C2Cc3c([nH]c4ccccc34)C(c3cccc([N+](=O)[O-])c3)N2C(=O)CN1CCCn1ccnc1. The number of hydrogen-bond acceptors (Lipinski definition) is 5. The zero-order chi connectivity index (χ0) is 24.8. The molecular formula is C26H24N6O4. The minimum absolute atomic E-state index is 0.0136. The molecule has 2 aromatic heterocycles. The minimum atomic E-state index is -0.671. The molecular weight excluding hydrogens is 460 g/mol. The predicted octanol–water partition coefficient (Wildman–Crippen LogP) is 3.05. The number of carbonyl (C=O) groups excluding carboxylic acids is 2. The lowest BCUT2D eigenvalue weighted by molar-refractivity contribution is -0.384. The first-order valence-corrected chi connectivity index (χ1v) is 11.9. The Balaban J connectivity index is 1.39. The molecule has 10 heteroatoms. The fraction of sp³-hybridized carbons (Fsp3) is 0.269. The van der Waals surface area contributed by atoms with Crippen LogP contribution in [0.2, 0.25) is 0 Å². The van der Waals surface area contributed by atoms with E-state index >= 15 is 0 Å². The van der Waals surface area contributed by atoms with Gasteiger partial charge < -0.3 is 19.4 Å². The summed E-state index contributed by atoms with van der Waals surface area (Å²) in [4.78, 5) is 49.1. The molecule has 0 saturated carbocycles. The average molecular weight is 485 g/mol. The van der Waals surface area contributed by atoms with Crippen molar-refractivity contribution in [2.24, 2.45) is 0 Å². The van der Waals surface area contributed by atoms with Crippen LogP contribution in [0.25, 0.3) is 10.9 Å². The monoisotopic (exact) mass is 484 g/mol. The van der Waals surface area contributed by atoms with E-state index in [0.717, 1.165) is 22.2 Å². The number of nitro groups is 1. The van der Waals surface area contributed by atoms with Gasteiger partial charge in [-0.3, -0.25) is 19.7 Å². The largest absolute Gasteiger partial charge is 0.356 e. The molecule has 2 atom stereocenters. The number of nitrogens with one attached hydrogen (secondary N) is 1. The van der Waals surface area contributed by atoms with Gasteiger partial charge in [-0.05, 0) is 23.6 Å². The number of fused-ring (bicyclic) bond motifs is 4. The molecule has 0 radical (unpaired) electrons. The number of imidazole rings is 1. The quantitative estimate of drug-likeness (QED) is 0.333. The number of nitrogens with zero attached hydrogens (tertiary/aromatic N) is 5. The summed E-state index contributed by atoms with van der Waals surface area (Å²) in [7, 11) is 0. The van der Waals surface area contributed by atoms with Gasteiger partial charge in [0, 0.05) is 60.6 Å². The topological polar surface area (TPSA) is 117 Å². The molecule has 0 spiro atoms. The van der Waals surface area contributed by atoms with Gasteiger partial charge in [-0.25, -0.2) is 4.98 Å². The van der Waals surface area contributed by atoms with Crippen molar-refractivity contribution in [3.8, 4) is 0 Å². The van der Waals surface area contributed by atoms with E-state index in [-0.39, 0.29) is 24.0 Å². The molecule has 2 amide bonds. The molecule has 1 N–H and O–H groups in total. The third kappa shape index (κ3) is 3.62. The summed E-state index contributed by atoms with van der Waals surface area (Å²) < 4.78 is 1.94. The fourth-order valence-electron chi connectivity index (χ4n) is 5.53. The lowest BCUT2D eigenvalue weighted by atomic mass is 9.86. The van der Waals surface area contributed by atoms with Crippen LogP contribution in [-0.2, 0) is 22.6 Å². The Morgan fingerprint density at radius 1 is 1.11 bits per heavy atom. The summed E-state index contributed by atoms with van der Waals surface area (Å²) >= 11 is 0. The second-order valence-corrected chi connectivity index (χ2v) is 9.25.